The summed E-state index contributed by atoms with van der Waals surface area (Å²) in [5, 5.41) is 3.20. The van der Waals surface area contributed by atoms with Crippen LogP contribution in [0.4, 0.5) is 0 Å². The molecule has 1 atom stereocenters. The van der Waals surface area contributed by atoms with E-state index in [-0.39, 0.29) is 11.9 Å². The molecule has 0 bridgehead atoms. The summed E-state index contributed by atoms with van der Waals surface area (Å²) in [6.07, 6.45) is 4.34. The Balaban J connectivity index is 1.50. The van der Waals surface area contributed by atoms with Gasteiger partial charge < -0.3 is 5.32 Å². The van der Waals surface area contributed by atoms with Crippen LogP contribution in [0.15, 0.2) is 60.7 Å². The first-order valence-electron chi connectivity index (χ1n) is 9.40. The first kappa shape index (κ1) is 17.7. The minimum Gasteiger partial charge on any atom is -0.349 e. The summed E-state index contributed by atoms with van der Waals surface area (Å²) in [6.45, 7) is 4.40. The maximum Gasteiger partial charge on any atom is 0.251 e. The Morgan fingerprint density at radius 2 is 1.64 bits per heavy atom. The molecule has 1 aliphatic rings. The molecule has 0 radical (unpaired) electrons. The number of hydrogen-bond acceptors (Lipinski definition) is 2. The minimum absolute atomic E-state index is 0.0513. The van der Waals surface area contributed by atoms with Crippen LogP contribution in [0.25, 0.3) is 0 Å². The molecule has 1 amide bonds. The predicted molar refractivity (Wildman–Crippen MR) is 103 cm³/mol. The molecule has 2 aromatic carbocycles. The van der Waals surface area contributed by atoms with Crippen molar-refractivity contribution < 1.29 is 4.79 Å². The summed E-state index contributed by atoms with van der Waals surface area (Å²) in [5.41, 5.74) is 2.16. The molecule has 0 saturated carbocycles. The Labute approximate surface area is 151 Å². The molecule has 1 N–H and O–H groups in total. The van der Waals surface area contributed by atoms with Crippen LogP contribution in [-0.4, -0.2) is 36.0 Å². The molecule has 3 rings (SSSR count). The molecule has 0 aliphatic carbocycles. The SMILES string of the molecule is CCC(Cc1ccccc1)N1CCC(NC(=O)c2ccccc2)CC1. The number of carbonyl (C=O) groups is 1. The highest BCUT2D eigenvalue weighted by molar-refractivity contribution is 5.94. The summed E-state index contributed by atoms with van der Waals surface area (Å²) < 4.78 is 0. The van der Waals surface area contributed by atoms with Crippen molar-refractivity contribution in [3.05, 3.63) is 71.8 Å². The monoisotopic (exact) mass is 336 g/mol. The van der Waals surface area contributed by atoms with Gasteiger partial charge in [-0.1, -0.05) is 55.5 Å². The van der Waals surface area contributed by atoms with E-state index in [1.807, 2.05) is 30.3 Å². The molecule has 2 aromatic rings. The molecule has 132 valence electrons. The minimum atomic E-state index is 0.0513. The van der Waals surface area contributed by atoms with Gasteiger partial charge in [-0.05, 0) is 43.4 Å². The van der Waals surface area contributed by atoms with Crippen LogP contribution in [-0.2, 0) is 6.42 Å². The fourth-order valence-electron chi connectivity index (χ4n) is 3.69. The summed E-state index contributed by atoms with van der Waals surface area (Å²) in [5.74, 6) is 0.0513. The molecular weight excluding hydrogens is 308 g/mol. The molecule has 3 heteroatoms. The van der Waals surface area contributed by atoms with Gasteiger partial charge in [-0.15, -0.1) is 0 Å². The molecule has 0 spiro atoms. The van der Waals surface area contributed by atoms with Gasteiger partial charge in [-0.3, -0.25) is 9.69 Å². The highest BCUT2D eigenvalue weighted by Crippen LogP contribution is 2.19. The number of nitrogens with zero attached hydrogens (tertiary/aromatic N) is 1. The maximum atomic E-state index is 12.3. The number of amides is 1. The number of hydrogen-bond donors (Lipinski definition) is 1. The van der Waals surface area contributed by atoms with Crippen LogP contribution in [0.2, 0.25) is 0 Å². The number of piperidine rings is 1. The van der Waals surface area contributed by atoms with E-state index in [0.29, 0.717) is 6.04 Å². The average Bonchev–Trinajstić information content (AvgIpc) is 2.68. The first-order valence-corrected chi connectivity index (χ1v) is 9.40. The fourth-order valence-corrected chi connectivity index (χ4v) is 3.69. The predicted octanol–water partition coefficient (Wildman–Crippen LogP) is 3.90. The standard InChI is InChI=1S/C22H28N2O/c1-2-21(17-18-9-5-3-6-10-18)24-15-13-20(14-16-24)23-22(25)19-11-7-4-8-12-19/h3-12,20-21H,2,13-17H2,1H3,(H,23,25). The zero-order valence-corrected chi connectivity index (χ0v) is 15.0. The van der Waals surface area contributed by atoms with Crippen molar-refractivity contribution >= 4 is 5.91 Å². The topological polar surface area (TPSA) is 32.3 Å². The van der Waals surface area contributed by atoms with E-state index in [2.05, 4.69) is 47.5 Å². The van der Waals surface area contributed by atoms with Crippen LogP contribution in [0.3, 0.4) is 0 Å². The molecule has 1 saturated heterocycles. The second-order valence-electron chi connectivity index (χ2n) is 6.90. The highest BCUT2D eigenvalue weighted by Gasteiger charge is 2.25. The van der Waals surface area contributed by atoms with Gasteiger partial charge in [0.05, 0.1) is 0 Å². The van der Waals surface area contributed by atoms with E-state index in [4.69, 9.17) is 0 Å². The van der Waals surface area contributed by atoms with Gasteiger partial charge in [0.15, 0.2) is 0 Å². The van der Waals surface area contributed by atoms with Gasteiger partial charge in [0.25, 0.3) is 5.91 Å². The van der Waals surface area contributed by atoms with E-state index in [1.165, 1.54) is 5.56 Å². The Hall–Kier alpha value is -2.13. The Kier molecular flexibility index (Phi) is 6.24. The van der Waals surface area contributed by atoms with Gasteiger partial charge in [0.1, 0.15) is 0 Å². The second kappa shape index (κ2) is 8.82. The lowest BCUT2D eigenvalue weighted by Crippen LogP contribution is -2.48. The number of likely N-dealkylation sites (tertiary alicyclic amines) is 1. The van der Waals surface area contributed by atoms with Crippen LogP contribution >= 0.6 is 0 Å². The van der Waals surface area contributed by atoms with Crippen molar-refractivity contribution in [2.45, 2.75) is 44.7 Å². The Morgan fingerprint density at radius 1 is 1.04 bits per heavy atom. The number of nitrogens with one attached hydrogen (secondary N) is 1. The lowest BCUT2D eigenvalue weighted by Gasteiger charge is -2.37. The first-order chi connectivity index (χ1) is 12.3. The molecular formula is C22H28N2O. The van der Waals surface area contributed by atoms with Crippen LogP contribution in [0, 0.1) is 0 Å². The van der Waals surface area contributed by atoms with Crippen molar-refractivity contribution in [2.75, 3.05) is 13.1 Å². The van der Waals surface area contributed by atoms with Gasteiger partial charge >= 0.3 is 0 Å². The summed E-state index contributed by atoms with van der Waals surface area (Å²) in [4.78, 5) is 14.9. The zero-order valence-electron chi connectivity index (χ0n) is 15.0. The fraction of sp³-hybridized carbons (Fsp3) is 0.409. The van der Waals surface area contributed by atoms with Crippen molar-refractivity contribution in [1.29, 1.82) is 0 Å². The molecule has 3 nitrogen and oxygen atoms in total. The second-order valence-corrected chi connectivity index (χ2v) is 6.90. The van der Waals surface area contributed by atoms with Crippen molar-refractivity contribution in [3.8, 4) is 0 Å². The number of benzene rings is 2. The summed E-state index contributed by atoms with van der Waals surface area (Å²) in [6, 6.07) is 21.1. The molecule has 25 heavy (non-hydrogen) atoms. The molecule has 1 heterocycles. The quantitative estimate of drug-likeness (QED) is 0.867. The largest absolute Gasteiger partial charge is 0.349 e. The van der Waals surface area contributed by atoms with Crippen molar-refractivity contribution in [1.82, 2.24) is 10.2 Å². The smallest absolute Gasteiger partial charge is 0.251 e. The molecule has 1 unspecified atom stereocenters. The van der Waals surface area contributed by atoms with Gasteiger partial charge in [0.2, 0.25) is 0 Å². The molecule has 1 aliphatic heterocycles. The highest BCUT2D eigenvalue weighted by atomic mass is 16.1. The van der Waals surface area contributed by atoms with E-state index >= 15 is 0 Å². The third-order valence-corrected chi connectivity index (χ3v) is 5.20. The van der Waals surface area contributed by atoms with Crippen molar-refractivity contribution in [2.24, 2.45) is 0 Å². The lowest BCUT2D eigenvalue weighted by atomic mass is 9.97. The Bertz CT molecular complexity index is 648. The summed E-state index contributed by atoms with van der Waals surface area (Å²) >= 11 is 0. The average molecular weight is 336 g/mol. The van der Waals surface area contributed by atoms with Crippen molar-refractivity contribution in [3.63, 3.8) is 0 Å². The summed E-state index contributed by atoms with van der Waals surface area (Å²) in [7, 11) is 0. The Morgan fingerprint density at radius 3 is 2.24 bits per heavy atom. The van der Waals surface area contributed by atoms with Crippen LogP contribution in [0.5, 0.6) is 0 Å². The number of rotatable bonds is 6. The van der Waals surface area contributed by atoms with E-state index in [9.17, 15) is 4.79 Å². The van der Waals surface area contributed by atoms with Crippen LogP contribution < -0.4 is 5.32 Å². The zero-order chi connectivity index (χ0) is 17.5. The maximum absolute atomic E-state index is 12.3. The lowest BCUT2D eigenvalue weighted by molar-refractivity contribution is 0.0888. The third kappa shape index (κ3) is 4.93. The van der Waals surface area contributed by atoms with Gasteiger partial charge in [-0.2, -0.15) is 0 Å². The molecule has 0 aromatic heterocycles. The normalized spacial score (nSPS) is 17.2. The van der Waals surface area contributed by atoms with E-state index < -0.39 is 0 Å². The number of carbonyl (C=O) groups excluding carboxylic acids is 1. The third-order valence-electron chi connectivity index (χ3n) is 5.20. The van der Waals surface area contributed by atoms with Crippen LogP contribution in [0.1, 0.15) is 42.1 Å². The van der Waals surface area contributed by atoms with E-state index in [1.54, 1.807) is 0 Å². The molecule has 1 fully saturated rings. The van der Waals surface area contributed by atoms with Gasteiger partial charge in [0, 0.05) is 30.7 Å². The van der Waals surface area contributed by atoms with Gasteiger partial charge in [-0.25, -0.2) is 0 Å². The van der Waals surface area contributed by atoms with E-state index in [0.717, 1.165) is 44.3 Å².